The Hall–Kier alpha value is -2.03. The number of aromatic nitrogens is 2. The molecule has 0 N–H and O–H groups in total. The van der Waals surface area contributed by atoms with Crippen molar-refractivity contribution in [1.82, 2.24) is 9.66 Å². The van der Waals surface area contributed by atoms with Gasteiger partial charge in [0, 0.05) is 5.70 Å². The van der Waals surface area contributed by atoms with Crippen LogP contribution in [0.15, 0.2) is 54.0 Å². The van der Waals surface area contributed by atoms with Crippen molar-refractivity contribution in [2.24, 2.45) is 0 Å². The molecule has 3 heteroatoms. The molecule has 92 valence electrons. The number of hydrogen-bond donors (Lipinski definition) is 0. The minimum Gasteiger partial charge on any atom is -0.278 e. The largest absolute Gasteiger partial charge is 0.278 e. The molecule has 0 aliphatic carbocycles. The fourth-order valence-electron chi connectivity index (χ4n) is 2.70. The van der Waals surface area contributed by atoms with Gasteiger partial charge < -0.3 is 0 Å². The molecule has 3 rings (SSSR count). The number of nitrogens with zero attached hydrogens (tertiary/aromatic N) is 3. The van der Waals surface area contributed by atoms with Crippen LogP contribution in [0.5, 0.6) is 0 Å². The van der Waals surface area contributed by atoms with Gasteiger partial charge in [-0.15, -0.1) is 0 Å². The minimum absolute atomic E-state index is 0.340. The summed E-state index contributed by atoms with van der Waals surface area (Å²) in [5, 5.41) is 2.27. The van der Waals surface area contributed by atoms with Crippen molar-refractivity contribution in [3.8, 4) is 0 Å². The summed E-state index contributed by atoms with van der Waals surface area (Å²) in [6, 6.07) is 8.56. The Labute approximate surface area is 107 Å². The van der Waals surface area contributed by atoms with E-state index in [0.29, 0.717) is 6.04 Å². The lowest BCUT2D eigenvalue weighted by atomic mass is 10.1. The number of rotatable bonds is 1. The summed E-state index contributed by atoms with van der Waals surface area (Å²) in [5.41, 5.74) is 4.74. The van der Waals surface area contributed by atoms with Gasteiger partial charge in [-0.3, -0.25) is 5.01 Å². The average Bonchev–Trinajstić information content (AvgIpc) is 2.72. The summed E-state index contributed by atoms with van der Waals surface area (Å²) in [7, 11) is 0. The summed E-state index contributed by atoms with van der Waals surface area (Å²) in [6.07, 6.45) is 6.36. The molecule has 0 saturated carbocycles. The van der Waals surface area contributed by atoms with Crippen LogP contribution in [0.2, 0.25) is 0 Å². The van der Waals surface area contributed by atoms with E-state index in [0.717, 1.165) is 11.0 Å². The third-order valence-corrected chi connectivity index (χ3v) is 3.35. The molecule has 3 nitrogen and oxygen atoms in total. The lowest BCUT2D eigenvalue weighted by Gasteiger charge is -2.34. The molecule has 1 aliphatic heterocycles. The van der Waals surface area contributed by atoms with Gasteiger partial charge in [0.1, 0.15) is 6.33 Å². The van der Waals surface area contributed by atoms with Crippen molar-refractivity contribution in [2.75, 3.05) is 5.01 Å². The van der Waals surface area contributed by atoms with Crippen LogP contribution in [0.3, 0.4) is 0 Å². The van der Waals surface area contributed by atoms with E-state index >= 15 is 0 Å². The van der Waals surface area contributed by atoms with Crippen molar-refractivity contribution < 1.29 is 0 Å². The van der Waals surface area contributed by atoms with E-state index in [2.05, 4.69) is 59.7 Å². The van der Waals surface area contributed by atoms with Crippen molar-refractivity contribution in [2.45, 2.75) is 26.8 Å². The lowest BCUT2D eigenvalue weighted by Crippen LogP contribution is -2.40. The molecule has 1 atom stereocenters. The zero-order valence-corrected chi connectivity index (χ0v) is 11.0. The SMILES string of the molecule is CC1=CC(C)N(n2cnc3ccccc32)C(C)=C1. The molecule has 18 heavy (non-hydrogen) atoms. The molecule has 0 bridgehead atoms. The van der Waals surface area contributed by atoms with Crippen molar-refractivity contribution in [3.63, 3.8) is 0 Å². The van der Waals surface area contributed by atoms with E-state index in [-0.39, 0.29) is 0 Å². The molecule has 0 radical (unpaired) electrons. The molecule has 2 heterocycles. The van der Waals surface area contributed by atoms with Gasteiger partial charge in [0.25, 0.3) is 0 Å². The highest BCUT2D eigenvalue weighted by Crippen LogP contribution is 2.22. The predicted molar refractivity (Wildman–Crippen MR) is 74.9 cm³/mol. The number of hydrogen-bond acceptors (Lipinski definition) is 2. The molecular formula is C15H17N3. The summed E-state index contributed by atoms with van der Waals surface area (Å²) in [5.74, 6) is 0. The van der Waals surface area contributed by atoms with Crippen LogP contribution in [0.25, 0.3) is 11.0 Å². The number of para-hydroxylation sites is 2. The Morgan fingerprint density at radius 2 is 1.94 bits per heavy atom. The first-order chi connectivity index (χ1) is 8.66. The van der Waals surface area contributed by atoms with E-state index in [9.17, 15) is 0 Å². The van der Waals surface area contributed by atoms with Crippen LogP contribution in [0.4, 0.5) is 0 Å². The fraction of sp³-hybridized carbons (Fsp3) is 0.267. The van der Waals surface area contributed by atoms with Crippen LogP contribution < -0.4 is 5.01 Å². The number of fused-ring (bicyclic) bond motifs is 1. The zero-order chi connectivity index (χ0) is 12.7. The molecule has 1 unspecified atom stereocenters. The van der Waals surface area contributed by atoms with E-state index < -0.39 is 0 Å². The molecule has 1 aliphatic rings. The normalized spacial score (nSPS) is 19.9. The van der Waals surface area contributed by atoms with Gasteiger partial charge in [0.05, 0.1) is 17.1 Å². The van der Waals surface area contributed by atoms with Gasteiger partial charge in [0.2, 0.25) is 0 Å². The molecule has 2 aromatic rings. The Bertz CT molecular complexity index is 649. The minimum atomic E-state index is 0.340. The van der Waals surface area contributed by atoms with Gasteiger partial charge in [0.15, 0.2) is 0 Å². The number of allylic oxidation sites excluding steroid dienone is 3. The van der Waals surface area contributed by atoms with E-state index in [1.807, 2.05) is 18.5 Å². The second kappa shape index (κ2) is 4.02. The smallest absolute Gasteiger partial charge is 0.116 e. The van der Waals surface area contributed by atoms with E-state index in [4.69, 9.17) is 0 Å². The van der Waals surface area contributed by atoms with Crippen molar-refractivity contribution in [1.29, 1.82) is 0 Å². The quantitative estimate of drug-likeness (QED) is 0.762. The van der Waals surface area contributed by atoms with Crippen molar-refractivity contribution >= 4 is 11.0 Å². The molecule has 0 fully saturated rings. The van der Waals surface area contributed by atoms with Crippen LogP contribution in [-0.4, -0.2) is 15.7 Å². The van der Waals surface area contributed by atoms with Gasteiger partial charge in [-0.1, -0.05) is 23.8 Å². The molecule has 0 amide bonds. The standard InChI is InChI=1S/C15H17N3/c1-11-8-12(2)18(13(3)9-11)17-10-16-14-6-4-5-7-15(14)17/h4-10,12H,1-3H3. The lowest BCUT2D eigenvalue weighted by molar-refractivity contribution is 0.612. The van der Waals surface area contributed by atoms with Gasteiger partial charge in [-0.2, -0.15) is 0 Å². The third-order valence-electron chi connectivity index (χ3n) is 3.35. The maximum Gasteiger partial charge on any atom is 0.116 e. The molecular weight excluding hydrogens is 222 g/mol. The first-order valence-corrected chi connectivity index (χ1v) is 6.25. The molecule has 1 aromatic heterocycles. The zero-order valence-electron chi connectivity index (χ0n) is 11.0. The van der Waals surface area contributed by atoms with Crippen LogP contribution in [0, 0.1) is 0 Å². The Morgan fingerprint density at radius 1 is 1.17 bits per heavy atom. The third kappa shape index (κ3) is 1.63. The topological polar surface area (TPSA) is 21.1 Å². The van der Waals surface area contributed by atoms with Crippen LogP contribution in [-0.2, 0) is 0 Å². The molecule has 0 saturated heterocycles. The summed E-state index contributed by atoms with van der Waals surface area (Å²) >= 11 is 0. The van der Waals surface area contributed by atoms with Gasteiger partial charge in [-0.25, -0.2) is 9.66 Å². The first-order valence-electron chi connectivity index (χ1n) is 6.25. The average molecular weight is 239 g/mol. The van der Waals surface area contributed by atoms with Gasteiger partial charge in [-0.05, 0) is 39.0 Å². The number of imidazole rings is 1. The Kier molecular flexibility index (Phi) is 2.47. The Balaban J connectivity index is 2.13. The highest BCUT2D eigenvalue weighted by Gasteiger charge is 2.19. The van der Waals surface area contributed by atoms with Gasteiger partial charge >= 0.3 is 0 Å². The maximum atomic E-state index is 4.46. The molecule has 1 aromatic carbocycles. The van der Waals surface area contributed by atoms with E-state index in [1.54, 1.807) is 0 Å². The predicted octanol–water partition coefficient (Wildman–Crippen LogP) is 3.23. The fourth-order valence-corrected chi connectivity index (χ4v) is 2.70. The monoisotopic (exact) mass is 239 g/mol. The van der Waals surface area contributed by atoms with E-state index in [1.165, 1.54) is 11.3 Å². The highest BCUT2D eigenvalue weighted by atomic mass is 15.6. The second-order valence-corrected chi connectivity index (χ2v) is 4.86. The number of benzene rings is 1. The van der Waals surface area contributed by atoms with Crippen LogP contribution >= 0.6 is 0 Å². The summed E-state index contributed by atoms with van der Waals surface area (Å²) < 4.78 is 2.13. The summed E-state index contributed by atoms with van der Waals surface area (Å²) in [4.78, 5) is 4.46. The Morgan fingerprint density at radius 3 is 2.72 bits per heavy atom. The summed E-state index contributed by atoms with van der Waals surface area (Å²) in [6.45, 7) is 6.49. The molecule has 0 spiro atoms. The highest BCUT2D eigenvalue weighted by molar-refractivity contribution is 5.75. The first kappa shape index (κ1) is 11.1. The second-order valence-electron chi connectivity index (χ2n) is 4.86. The van der Waals surface area contributed by atoms with Crippen molar-refractivity contribution in [3.05, 3.63) is 54.0 Å². The van der Waals surface area contributed by atoms with Crippen LogP contribution in [0.1, 0.15) is 20.8 Å². The maximum absolute atomic E-state index is 4.46.